The molecule has 7 heteroatoms. The summed E-state index contributed by atoms with van der Waals surface area (Å²) in [5.41, 5.74) is 5.30. The number of primary amides is 1. The Kier molecular flexibility index (Phi) is 6.27. The Bertz CT molecular complexity index is 362. The smallest absolute Gasteiger partial charge is 0.240 e. The van der Waals surface area contributed by atoms with Crippen LogP contribution in [0.5, 0.6) is 0 Å². The molecular formula is C12H20BrN3O3. The molecular weight excluding hydrogens is 314 g/mol. The molecule has 1 saturated heterocycles. The number of nitrogens with zero attached hydrogens (tertiary/aromatic N) is 1. The van der Waals surface area contributed by atoms with Gasteiger partial charge in [0.15, 0.2) is 0 Å². The van der Waals surface area contributed by atoms with Crippen LogP contribution in [-0.2, 0) is 14.4 Å². The van der Waals surface area contributed by atoms with E-state index < -0.39 is 11.9 Å². The third-order valence-electron chi connectivity index (χ3n) is 3.33. The van der Waals surface area contributed by atoms with Crippen molar-refractivity contribution in [3.63, 3.8) is 0 Å². The lowest BCUT2D eigenvalue weighted by Crippen LogP contribution is -2.45. The number of halogens is 1. The van der Waals surface area contributed by atoms with Gasteiger partial charge in [0.25, 0.3) is 0 Å². The van der Waals surface area contributed by atoms with Gasteiger partial charge in [-0.3, -0.25) is 14.4 Å². The molecule has 19 heavy (non-hydrogen) atoms. The molecule has 0 aromatic carbocycles. The summed E-state index contributed by atoms with van der Waals surface area (Å²) in [4.78, 5) is 35.8. The van der Waals surface area contributed by atoms with Crippen molar-refractivity contribution in [2.75, 3.05) is 18.4 Å². The zero-order valence-electron chi connectivity index (χ0n) is 11.0. The van der Waals surface area contributed by atoms with Crippen LogP contribution in [0.3, 0.4) is 0 Å². The topological polar surface area (TPSA) is 92.5 Å². The largest absolute Gasteiger partial charge is 0.368 e. The van der Waals surface area contributed by atoms with E-state index in [9.17, 15) is 14.4 Å². The van der Waals surface area contributed by atoms with E-state index in [1.807, 2.05) is 6.92 Å². The molecule has 1 heterocycles. The van der Waals surface area contributed by atoms with Crippen LogP contribution in [0, 0.1) is 5.92 Å². The predicted octanol–water partition coefficient (Wildman–Crippen LogP) is 0.0000000000000000555. The van der Waals surface area contributed by atoms with Crippen molar-refractivity contribution in [1.82, 2.24) is 10.2 Å². The molecule has 0 spiro atoms. The summed E-state index contributed by atoms with van der Waals surface area (Å²) in [5.74, 6) is -0.368. The fourth-order valence-electron chi connectivity index (χ4n) is 2.34. The van der Waals surface area contributed by atoms with Gasteiger partial charge in [-0.15, -0.1) is 0 Å². The minimum Gasteiger partial charge on any atom is -0.368 e. The molecule has 2 unspecified atom stereocenters. The lowest BCUT2D eigenvalue weighted by Gasteiger charge is -2.24. The summed E-state index contributed by atoms with van der Waals surface area (Å²) < 4.78 is 0. The van der Waals surface area contributed by atoms with E-state index in [1.54, 1.807) is 4.90 Å². The van der Waals surface area contributed by atoms with Crippen LogP contribution in [-0.4, -0.2) is 47.1 Å². The lowest BCUT2D eigenvalue weighted by molar-refractivity contribution is -0.136. The van der Waals surface area contributed by atoms with Crippen molar-refractivity contribution in [2.24, 2.45) is 11.7 Å². The van der Waals surface area contributed by atoms with Crippen molar-refractivity contribution in [1.29, 1.82) is 0 Å². The number of rotatable bonds is 7. The average molecular weight is 334 g/mol. The minimum atomic E-state index is -0.505. The van der Waals surface area contributed by atoms with Gasteiger partial charge in [-0.25, -0.2) is 0 Å². The standard InChI is InChI=1S/C12H20BrN3O3/c1-2-9(12(14)19)16-7-8(5-11(16)18)3-4-15-10(17)6-13/h8-9H,2-7H2,1H3,(H2,14,19)(H,15,17). The summed E-state index contributed by atoms with van der Waals surface area (Å²) in [6, 6.07) is -0.505. The van der Waals surface area contributed by atoms with Crippen molar-refractivity contribution < 1.29 is 14.4 Å². The van der Waals surface area contributed by atoms with Crippen LogP contribution >= 0.6 is 15.9 Å². The predicted molar refractivity (Wildman–Crippen MR) is 74.5 cm³/mol. The first-order valence-electron chi connectivity index (χ1n) is 6.41. The molecule has 108 valence electrons. The van der Waals surface area contributed by atoms with Gasteiger partial charge in [0.2, 0.25) is 17.7 Å². The van der Waals surface area contributed by atoms with Gasteiger partial charge in [0.05, 0.1) is 5.33 Å². The van der Waals surface area contributed by atoms with Crippen LogP contribution in [0.1, 0.15) is 26.2 Å². The van der Waals surface area contributed by atoms with E-state index in [0.29, 0.717) is 25.9 Å². The van der Waals surface area contributed by atoms with Crippen LogP contribution in [0.15, 0.2) is 0 Å². The first kappa shape index (κ1) is 15.9. The normalized spacial score (nSPS) is 20.4. The number of carbonyl (C=O) groups is 3. The molecule has 3 N–H and O–H groups in total. The van der Waals surface area contributed by atoms with E-state index in [0.717, 1.165) is 6.42 Å². The highest BCUT2D eigenvalue weighted by atomic mass is 79.9. The number of alkyl halides is 1. The Morgan fingerprint density at radius 3 is 2.79 bits per heavy atom. The third-order valence-corrected chi connectivity index (χ3v) is 3.84. The van der Waals surface area contributed by atoms with E-state index in [-0.39, 0.29) is 23.1 Å². The maximum absolute atomic E-state index is 11.9. The molecule has 1 aliphatic heterocycles. The van der Waals surface area contributed by atoms with Gasteiger partial charge in [-0.2, -0.15) is 0 Å². The van der Waals surface area contributed by atoms with E-state index in [2.05, 4.69) is 21.2 Å². The maximum Gasteiger partial charge on any atom is 0.240 e. The van der Waals surface area contributed by atoms with Crippen LogP contribution in [0.4, 0.5) is 0 Å². The SMILES string of the molecule is CCC(C(N)=O)N1CC(CCNC(=O)CBr)CC1=O. The van der Waals surface area contributed by atoms with Crippen LogP contribution in [0.25, 0.3) is 0 Å². The number of likely N-dealkylation sites (tertiary alicyclic amines) is 1. The number of hydrogen-bond donors (Lipinski definition) is 2. The van der Waals surface area contributed by atoms with Gasteiger partial charge in [-0.05, 0) is 18.8 Å². The molecule has 0 aromatic rings. The summed E-state index contributed by atoms with van der Waals surface area (Å²) in [6.45, 7) is 2.93. The zero-order valence-corrected chi connectivity index (χ0v) is 12.6. The van der Waals surface area contributed by atoms with Crippen molar-refractivity contribution in [2.45, 2.75) is 32.2 Å². The first-order valence-corrected chi connectivity index (χ1v) is 7.53. The highest BCUT2D eigenvalue weighted by molar-refractivity contribution is 9.09. The van der Waals surface area contributed by atoms with Gasteiger partial charge in [0, 0.05) is 19.5 Å². The second-order valence-electron chi connectivity index (χ2n) is 4.71. The van der Waals surface area contributed by atoms with Gasteiger partial charge < -0.3 is 16.0 Å². The fourth-order valence-corrected chi connectivity index (χ4v) is 2.54. The molecule has 1 rings (SSSR count). The molecule has 0 aliphatic carbocycles. The highest BCUT2D eigenvalue weighted by Gasteiger charge is 2.35. The number of nitrogens with two attached hydrogens (primary N) is 1. The Morgan fingerprint density at radius 2 is 2.26 bits per heavy atom. The summed E-state index contributed by atoms with van der Waals surface area (Å²) >= 11 is 3.07. The number of hydrogen-bond acceptors (Lipinski definition) is 3. The Morgan fingerprint density at radius 1 is 1.58 bits per heavy atom. The van der Waals surface area contributed by atoms with E-state index in [4.69, 9.17) is 5.73 Å². The number of nitrogens with one attached hydrogen (secondary N) is 1. The van der Waals surface area contributed by atoms with Crippen LogP contribution in [0.2, 0.25) is 0 Å². The fraction of sp³-hybridized carbons (Fsp3) is 0.750. The first-order chi connectivity index (χ1) is 8.99. The van der Waals surface area contributed by atoms with Crippen molar-refractivity contribution in [3.8, 4) is 0 Å². The van der Waals surface area contributed by atoms with Crippen molar-refractivity contribution >= 4 is 33.7 Å². The van der Waals surface area contributed by atoms with E-state index in [1.165, 1.54) is 0 Å². The molecule has 0 saturated carbocycles. The second-order valence-corrected chi connectivity index (χ2v) is 5.28. The van der Waals surface area contributed by atoms with Gasteiger partial charge in [-0.1, -0.05) is 22.9 Å². The summed E-state index contributed by atoms with van der Waals surface area (Å²) in [7, 11) is 0. The van der Waals surface area contributed by atoms with Gasteiger partial charge in [0.1, 0.15) is 6.04 Å². The Balaban J connectivity index is 2.44. The molecule has 1 aliphatic rings. The molecule has 0 aromatic heterocycles. The minimum absolute atomic E-state index is 0.0255. The molecule has 2 atom stereocenters. The average Bonchev–Trinajstić information content (AvgIpc) is 2.71. The highest BCUT2D eigenvalue weighted by Crippen LogP contribution is 2.23. The maximum atomic E-state index is 11.9. The molecule has 0 radical (unpaired) electrons. The summed E-state index contributed by atoms with van der Waals surface area (Å²) in [5, 5.41) is 3.03. The Labute approximate surface area is 121 Å². The molecule has 6 nitrogen and oxygen atoms in total. The van der Waals surface area contributed by atoms with Crippen LogP contribution < -0.4 is 11.1 Å². The van der Waals surface area contributed by atoms with Gasteiger partial charge >= 0.3 is 0 Å². The quantitative estimate of drug-likeness (QED) is 0.642. The monoisotopic (exact) mass is 333 g/mol. The molecule has 0 bridgehead atoms. The Hall–Kier alpha value is -1.11. The zero-order chi connectivity index (χ0) is 14.4. The lowest BCUT2D eigenvalue weighted by atomic mass is 10.1. The number of carbonyl (C=O) groups excluding carboxylic acids is 3. The van der Waals surface area contributed by atoms with E-state index >= 15 is 0 Å². The van der Waals surface area contributed by atoms with Crippen molar-refractivity contribution in [3.05, 3.63) is 0 Å². The third kappa shape index (κ3) is 4.49. The molecule has 3 amide bonds. The second kappa shape index (κ2) is 7.47. The number of amides is 3. The molecule has 1 fully saturated rings. The summed E-state index contributed by atoms with van der Waals surface area (Å²) in [6.07, 6.45) is 1.69.